The second kappa shape index (κ2) is 7.15. The first kappa shape index (κ1) is 18.8. The highest BCUT2D eigenvalue weighted by atomic mass is 16.6. The van der Waals surface area contributed by atoms with Crippen LogP contribution in [-0.2, 0) is 23.1 Å². The van der Waals surface area contributed by atoms with Crippen molar-refractivity contribution in [3.63, 3.8) is 0 Å². The molecule has 3 heterocycles. The molecule has 150 valence electrons. The predicted molar refractivity (Wildman–Crippen MR) is 96.0 cm³/mol. The van der Waals surface area contributed by atoms with Crippen LogP contribution in [0.5, 0.6) is 0 Å². The molecule has 28 heavy (non-hydrogen) atoms. The second-order valence-electron chi connectivity index (χ2n) is 6.89. The Balaban J connectivity index is 1.60. The SMILES string of the molecule is Cn1nc(CN2C(=O)C=CN([C@@H]3O[C@H](CO)C(O)C3O)C2O)c2ccccc21. The number of para-hydroxylation sites is 1. The zero-order chi connectivity index (χ0) is 20.0. The normalized spacial score (nSPS) is 30.6. The summed E-state index contributed by atoms with van der Waals surface area (Å²) in [5, 5.41) is 45.5. The summed E-state index contributed by atoms with van der Waals surface area (Å²) in [7, 11) is 1.80. The van der Waals surface area contributed by atoms with E-state index < -0.39 is 43.4 Å². The van der Waals surface area contributed by atoms with E-state index >= 15 is 0 Å². The Bertz CT molecular complexity index is 915. The summed E-state index contributed by atoms with van der Waals surface area (Å²) in [6.45, 7) is -0.443. The number of aryl methyl sites for hydroxylation is 1. The summed E-state index contributed by atoms with van der Waals surface area (Å²) in [5.41, 5.74) is 1.51. The number of carbonyl (C=O) groups excluding carboxylic acids is 1. The molecule has 0 spiro atoms. The molecule has 1 fully saturated rings. The maximum Gasteiger partial charge on any atom is 0.251 e. The van der Waals surface area contributed by atoms with E-state index in [4.69, 9.17) is 4.74 Å². The van der Waals surface area contributed by atoms with Gasteiger partial charge in [-0.15, -0.1) is 0 Å². The fourth-order valence-corrected chi connectivity index (χ4v) is 3.67. The fraction of sp³-hybridized carbons (Fsp3) is 0.444. The lowest BCUT2D eigenvalue weighted by atomic mass is 10.1. The Kier molecular flexibility index (Phi) is 4.81. The number of nitrogens with zero attached hydrogens (tertiary/aromatic N) is 4. The molecule has 0 saturated carbocycles. The average molecular weight is 390 g/mol. The van der Waals surface area contributed by atoms with Gasteiger partial charge in [-0.05, 0) is 6.07 Å². The van der Waals surface area contributed by atoms with Crippen molar-refractivity contribution in [3.05, 3.63) is 42.2 Å². The van der Waals surface area contributed by atoms with Crippen molar-refractivity contribution >= 4 is 16.8 Å². The van der Waals surface area contributed by atoms with E-state index in [9.17, 15) is 25.2 Å². The van der Waals surface area contributed by atoms with E-state index in [2.05, 4.69) is 5.10 Å². The van der Waals surface area contributed by atoms with Crippen LogP contribution in [0.1, 0.15) is 5.69 Å². The second-order valence-corrected chi connectivity index (χ2v) is 6.89. The minimum absolute atomic E-state index is 0.0387. The molecule has 5 atom stereocenters. The fourth-order valence-electron chi connectivity index (χ4n) is 3.67. The number of amides is 1. The van der Waals surface area contributed by atoms with Crippen LogP contribution in [0, 0.1) is 0 Å². The number of hydrogen-bond acceptors (Lipinski definition) is 8. The van der Waals surface area contributed by atoms with Gasteiger partial charge in [-0.25, -0.2) is 0 Å². The first-order valence-corrected chi connectivity index (χ1v) is 8.89. The summed E-state index contributed by atoms with van der Waals surface area (Å²) in [6.07, 6.45) is -3.65. The molecular weight excluding hydrogens is 368 g/mol. The molecule has 10 heteroatoms. The molecule has 4 rings (SSSR count). The van der Waals surface area contributed by atoms with E-state index in [1.165, 1.54) is 22.1 Å². The minimum Gasteiger partial charge on any atom is -0.394 e. The van der Waals surface area contributed by atoms with Crippen LogP contribution in [-0.4, -0.2) is 83.4 Å². The molecule has 2 aliphatic rings. The third-order valence-electron chi connectivity index (χ3n) is 5.18. The highest BCUT2D eigenvalue weighted by Gasteiger charge is 2.47. The van der Waals surface area contributed by atoms with Crippen molar-refractivity contribution < 1.29 is 30.0 Å². The number of rotatable bonds is 4. The third-order valence-corrected chi connectivity index (χ3v) is 5.18. The van der Waals surface area contributed by atoms with Crippen molar-refractivity contribution in [3.8, 4) is 0 Å². The molecule has 2 aromatic rings. The first-order chi connectivity index (χ1) is 13.4. The van der Waals surface area contributed by atoms with Crippen molar-refractivity contribution in [2.24, 2.45) is 7.05 Å². The summed E-state index contributed by atoms with van der Waals surface area (Å²) >= 11 is 0. The third kappa shape index (κ3) is 2.95. The van der Waals surface area contributed by atoms with E-state index in [1.807, 2.05) is 24.3 Å². The molecule has 0 aliphatic carbocycles. The van der Waals surface area contributed by atoms with Crippen molar-refractivity contribution in [1.82, 2.24) is 19.6 Å². The van der Waals surface area contributed by atoms with Gasteiger partial charge in [0.1, 0.15) is 18.3 Å². The molecule has 0 bridgehead atoms. The quantitative estimate of drug-likeness (QED) is 0.493. The van der Waals surface area contributed by atoms with Gasteiger partial charge in [0.15, 0.2) is 6.23 Å². The Hall–Kier alpha value is -2.50. The van der Waals surface area contributed by atoms with Crippen molar-refractivity contribution in [2.75, 3.05) is 6.61 Å². The highest BCUT2D eigenvalue weighted by Crippen LogP contribution is 2.29. The van der Waals surface area contributed by atoms with Gasteiger partial charge in [0.05, 0.1) is 24.4 Å². The summed E-state index contributed by atoms with van der Waals surface area (Å²) in [4.78, 5) is 14.8. The molecule has 1 aromatic heterocycles. The predicted octanol–water partition coefficient (Wildman–Crippen LogP) is -1.55. The lowest BCUT2D eigenvalue weighted by Crippen LogP contribution is -2.56. The van der Waals surface area contributed by atoms with Crippen LogP contribution in [0.4, 0.5) is 0 Å². The summed E-state index contributed by atoms with van der Waals surface area (Å²) in [5.74, 6) is -0.426. The number of carbonyl (C=O) groups is 1. The van der Waals surface area contributed by atoms with E-state index in [0.717, 1.165) is 10.9 Å². The Labute approximate surface area is 160 Å². The molecule has 2 aliphatic heterocycles. The van der Waals surface area contributed by atoms with Crippen molar-refractivity contribution in [1.29, 1.82) is 0 Å². The molecule has 4 N–H and O–H groups in total. The van der Waals surface area contributed by atoms with Gasteiger partial charge in [0.25, 0.3) is 5.91 Å². The van der Waals surface area contributed by atoms with Crippen molar-refractivity contribution in [2.45, 2.75) is 37.4 Å². The zero-order valence-corrected chi connectivity index (χ0v) is 15.2. The Morgan fingerprint density at radius 3 is 2.64 bits per heavy atom. The summed E-state index contributed by atoms with van der Waals surface area (Å²) < 4.78 is 7.16. The maximum atomic E-state index is 12.4. The van der Waals surface area contributed by atoms with E-state index in [0.29, 0.717) is 5.69 Å². The van der Waals surface area contributed by atoms with Crippen LogP contribution in [0.25, 0.3) is 10.9 Å². The van der Waals surface area contributed by atoms with Gasteiger partial charge in [-0.1, -0.05) is 18.2 Å². The molecule has 1 saturated heterocycles. The monoisotopic (exact) mass is 390 g/mol. The van der Waals surface area contributed by atoms with Gasteiger partial charge in [0.2, 0.25) is 6.35 Å². The van der Waals surface area contributed by atoms with Gasteiger partial charge in [0, 0.05) is 24.7 Å². The number of ether oxygens (including phenoxy) is 1. The van der Waals surface area contributed by atoms with Crippen LogP contribution in [0.15, 0.2) is 36.5 Å². The lowest BCUT2D eigenvalue weighted by Gasteiger charge is -2.41. The minimum atomic E-state index is -1.44. The van der Waals surface area contributed by atoms with Crippen LogP contribution in [0.2, 0.25) is 0 Å². The number of aromatic nitrogens is 2. The number of hydrogen-bond donors (Lipinski definition) is 4. The standard InChI is InChI=1S/C18H22N4O6/c1-20-12-5-3-2-4-10(12)11(19-20)8-22-14(24)6-7-21(18(22)27)17-16(26)15(25)13(9-23)28-17/h2-7,13,15-18,23,25-27H,8-9H2,1H3/t13-,15?,16?,17-,18?/m1/s1. The first-order valence-electron chi connectivity index (χ1n) is 8.89. The number of aliphatic hydroxyl groups is 4. The van der Waals surface area contributed by atoms with E-state index in [-0.39, 0.29) is 6.54 Å². The summed E-state index contributed by atoms with van der Waals surface area (Å²) in [6, 6.07) is 7.55. The van der Waals surface area contributed by atoms with Gasteiger partial charge >= 0.3 is 0 Å². The van der Waals surface area contributed by atoms with Crippen LogP contribution >= 0.6 is 0 Å². The Morgan fingerprint density at radius 1 is 1.18 bits per heavy atom. The molecule has 0 radical (unpaired) electrons. The highest BCUT2D eigenvalue weighted by molar-refractivity contribution is 5.89. The number of aliphatic hydroxyl groups excluding tert-OH is 4. The van der Waals surface area contributed by atoms with E-state index in [1.54, 1.807) is 11.7 Å². The largest absolute Gasteiger partial charge is 0.394 e. The smallest absolute Gasteiger partial charge is 0.251 e. The average Bonchev–Trinajstić information content (AvgIpc) is 3.16. The molecule has 3 unspecified atom stereocenters. The zero-order valence-electron chi connectivity index (χ0n) is 15.2. The molecule has 1 aromatic carbocycles. The maximum absolute atomic E-state index is 12.4. The number of benzene rings is 1. The van der Waals surface area contributed by atoms with Gasteiger partial charge in [-0.2, -0.15) is 5.10 Å². The van der Waals surface area contributed by atoms with Gasteiger partial charge < -0.3 is 30.1 Å². The lowest BCUT2D eigenvalue weighted by molar-refractivity contribution is -0.192. The molecule has 10 nitrogen and oxygen atoms in total. The Morgan fingerprint density at radius 2 is 1.93 bits per heavy atom. The molecular formula is C18H22N4O6. The van der Waals surface area contributed by atoms with Gasteiger partial charge in [-0.3, -0.25) is 14.4 Å². The van der Waals surface area contributed by atoms with Crippen LogP contribution in [0.3, 0.4) is 0 Å². The molecule has 1 amide bonds. The van der Waals surface area contributed by atoms with Crippen LogP contribution < -0.4 is 0 Å². The topological polar surface area (TPSA) is 132 Å². The number of fused-ring (bicyclic) bond motifs is 1.